The van der Waals surface area contributed by atoms with E-state index in [2.05, 4.69) is 10.6 Å². The number of thioether (sulfide) groups is 1. The van der Waals surface area contributed by atoms with Crippen molar-refractivity contribution >= 4 is 47.4 Å². The maximum atomic E-state index is 12.3. The van der Waals surface area contributed by atoms with Gasteiger partial charge in [-0.15, -0.1) is 24.2 Å². The van der Waals surface area contributed by atoms with Crippen LogP contribution in [0.4, 0.5) is 11.4 Å². The van der Waals surface area contributed by atoms with E-state index in [1.165, 1.54) is 17.3 Å². The zero-order valence-corrected chi connectivity index (χ0v) is 17.5. The molecule has 28 heavy (non-hydrogen) atoms. The van der Waals surface area contributed by atoms with E-state index in [1.807, 2.05) is 49.4 Å². The second-order valence-corrected chi connectivity index (χ2v) is 7.86. The molecule has 0 saturated heterocycles. The minimum absolute atomic E-state index is 0. The number of amides is 2. The molecule has 3 rings (SSSR count). The van der Waals surface area contributed by atoms with Crippen LogP contribution in [0.1, 0.15) is 35.6 Å². The Kier molecular flexibility index (Phi) is 8.20. The number of hydrogen-bond acceptors (Lipinski definition) is 4. The fraction of sp³-hybridized carbons (Fsp3) is 0.333. The Balaban J connectivity index is 0.00000280. The molecule has 2 amide bonds. The van der Waals surface area contributed by atoms with Crippen molar-refractivity contribution in [2.24, 2.45) is 0 Å². The molecule has 0 saturated carbocycles. The summed E-state index contributed by atoms with van der Waals surface area (Å²) in [5.74, 6) is 0.370. The van der Waals surface area contributed by atoms with Crippen molar-refractivity contribution in [3.8, 4) is 0 Å². The standard InChI is InChI=1S/C21H25N3O2S.ClH/c1-14-5-8-17(9-6-14)23-20(25)12-27-13-21(26)24-19-4-2-3-15-11-16(22)7-10-18(15)19;/h5-11,19H,2-4,12-13,22H2,1H3,(H,23,25)(H,24,26);1H. The molecule has 7 heteroatoms. The Hall–Kier alpha value is -2.18. The van der Waals surface area contributed by atoms with Crippen LogP contribution in [0.5, 0.6) is 0 Å². The molecule has 0 heterocycles. The number of hydrogen-bond donors (Lipinski definition) is 3. The first-order chi connectivity index (χ1) is 13.0. The highest BCUT2D eigenvalue weighted by Crippen LogP contribution is 2.31. The lowest BCUT2D eigenvalue weighted by molar-refractivity contribution is -0.119. The Morgan fingerprint density at radius 3 is 2.57 bits per heavy atom. The first kappa shape index (κ1) is 22.1. The molecule has 5 nitrogen and oxygen atoms in total. The van der Waals surface area contributed by atoms with E-state index >= 15 is 0 Å². The van der Waals surface area contributed by atoms with Crippen LogP contribution < -0.4 is 16.4 Å². The lowest BCUT2D eigenvalue weighted by Gasteiger charge is -2.26. The van der Waals surface area contributed by atoms with E-state index in [1.54, 1.807) is 0 Å². The number of anilines is 2. The predicted molar refractivity (Wildman–Crippen MR) is 119 cm³/mol. The Morgan fingerprint density at radius 1 is 1.11 bits per heavy atom. The monoisotopic (exact) mass is 419 g/mol. The number of nitrogens with two attached hydrogens (primary N) is 1. The van der Waals surface area contributed by atoms with Gasteiger partial charge in [-0.3, -0.25) is 9.59 Å². The van der Waals surface area contributed by atoms with E-state index in [0.717, 1.165) is 41.8 Å². The van der Waals surface area contributed by atoms with Gasteiger partial charge in [-0.2, -0.15) is 0 Å². The fourth-order valence-corrected chi connectivity index (χ4v) is 3.92. The summed E-state index contributed by atoms with van der Waals surface area (Å²) in [6.07, 6.45) is 2.97. The lowest BCUT2D eigenvalue weighted by Crippen LogP contribution is -2.32. The van der Waals surface area contributed by atoms with Gasteiger partial charge in [0.2, 0.25) is 11.8 Å². The number of carbonyl (C=O) groups is 2. The molecular formula is C21H26ClN3O2S. The van der Waals surface area contributed by atoms with E-state index in [-0.39, 0.29) is 41.8 Å². The maximum absolute atomic E-state index is 12.3. The first-order valence-electron chi connectivity index (χ1n) is 9.13. The highest BCUT2D eigenvalue weighted by atomic mass is 35.5. The summed E-state index contributed by atoms with van der Waals surface area (Å²) in [6.45, 7) is 2.00. The van der Waals surface area contributed by atoms with Gasteiger partial charge < -0.3 is 16.4 Å². The van der Waals surface area contributed by atoms with Crippen LogP contribution in [0, 0.1) is 6.92 Å². The minimum atomic E-state index is -0.102. The smallest absolute Gasteiger partial charge is 0.234 e. The van der Waals surface area contributed by atoms with Crippen molar-refractivity contribution in [1.82, 2.24) is 5.32 Å². The molecular weight excluding hydrogens is 394 g/mol. The number of nitrogens with one attached hydrogen (secondary N) is 2. The topological polar surface area (TPSA) is 84.2 Å². The summed E-state index contributed by atoms with van der Waals surface area (Å²) in [5.41, 5.74) is 10.9. The predicted octanol–water partition coefficient (Wildman–Crippen LogP) is 3.86. The number of nitrogen functional groups attached to an aromatic ring is 1. The zero-order valence-electron chi connectivity index (χ0n) is 15.9. The number of benzene rings is 2. The summed E-state index contributed by atoms with van der Waals surface area (Å²) in [5, 5.41) is 5.93. The van der Waals surface area contributed by atoms with Crippen molar-refractivity contribution in [3.63, 3.8) is 0 Å². The first-order valence-corrected chi connectivity index (χ1v) is 10.3. The van der Waals surface area contributed by atoms with Gasteiger partial charge in [0, 0.05) is 11.4 Å². The number of rotatable bonds is 6. The quantitative estimate of drug-likeness (QED) is 0.620. The van der Waals surface area contributed by atoms with Gasteiger partial charge in [-0.05, 0) is 61.6 Å². The average Bonchev–Trinajstić information content (AvgIpc) is 2.63. The second-order valence-electron chi connectivity index (χ2n) is 6.88. The van der Waals surface area contributed by atoms with Crippen LogP contribution in [0.2, 0.25) is 0 Å². The van der Waals surface area contributed by atoms with E-state index in [0.29, 0.717) is 0 Å². The molecule has 0 fully saturated rings. The van der Waals surface area contributed by atoms with Gasteiger partial charge in [0.25, 0.3) is 0 Å². The second kappa shape index (κ2) is 10.4. The zero-order chi connectivity index (χ0) is 19.2. The molecule has 0 aromatic heterocycles. The maximum Gasteiger partial charge on any atom is 0.234 e. The number of aryl methyl sites for hydroxylation is 2. The van der Waals surface area contributed by atoms with Crippen LogP contribution in [-0.4, -0.2) is 23.3 Å². The molecule has 0 spiro atoms. The van der Waals surface area contributed by atoms with Crippen LogP contribution in [-0.2, 0) is 16.0 Å². The summed E-state index contributed by atoms with van der Waals surface area (Å²) in [4.78, 5) is 24.3. The molecule has 1 aliphatic rings. The lowest BCUT2D eigenvalue weighted by atomic mass is 9.87. The number of halogens is 1. The van der Waals surface area contributed by atoms with Crippen LogP contribution in [0.15, 0.2) is 42.5 Å². The van der Waals surface area contributed by atoms with E-state index in [9.17, 15) is 9.59 Å². The third kappa shape index (κ3) is 6.17. The summed E-state index contributed by atoms with van der Waals surface area (Å²) < 4.78 is 0. The van der Waals surface area contributed by atoms with Crippen molar-refractivity contribution in [1.29, 1.82) is 0 Å². The SMILES string of the molecule is Cc1ccc(NC(=O)CSCC(=O)NC2CCCc3cc(N)ccc32)cc1.Cl. The summed E-state index contributed by atoms with van der Waals surface area (Å²) in [6, 6.07) is 13.6. The summed E-state index contributed by atoms with van der Waals surface area (Å²) >= 11 is 1.32. The number of carbonyl (C=O) groups excluding carboxylic acids is 2. The van der Waals surface area contributed by atoms with Crippen molar-refractivity contribution in [2.45, 2.75) is 32.2 Å². The third-order valence-corrected chi connectivity index (χ3v) is 5.55. The van der Waals surface area contributed by atoms with Gasteiger partial charge in [0.15, 0.2) is 0 Å². The van der Waals surface area contributed by atoms with E-state index < -0.39 is 0 Å². The van der Waals surface area contributed by atoms with Crippen LogP contribution in [0.3, 0.4) is 0 Å². The Morgan fingerprint density at radius 2 is 1.82 bits per heavy atom. The fourth-order valence-electron chi connectivity index (χ4n) is 3.29. The highest BCUT2D eigenvalue weighted by molar-refractivity contribution is 8.00. The molecule has 0 radical (unpaired) electrons. The van der Waals surface area contributed by atoms with Crippen LogP contribution in [0.25, 0.3) is 0 Å². The summed E-state index contributed by atoms with van der Waals surface area (Å²) in [7, 11) is 0. The number of fused-ring (bicyclic) bond motifs is 1. The molecule has 150 valence electrons. The molecule has 0 aliphatic heterocycles. The van der Waals surface area contributed by atoms with Gasteiger partial charge in [-0.25, -0.2) is 0 Å². The van der Waals surface area contributed by atoms with Gasteiger partial charge in [0.05, 0.1) is 17.5 Å². The Bertz CT molecular complexity index is 827. The largest absolute Gasteiger partial charge is 0.399 e. The third-order valence-electron chi connectivity index (χ3n) is 4.62. The van der Waals surface area contributed by atoms with E-state index in [4.69, 9.17) is 5.73 Å². The molecule has 2 aromatic carbocycles. The molecule has 2 aromatic rings. The van der Waals surface area contributed by atoms with Gasteiger partial charge in [-0.1, -0.05) is 23.8 Å². The van der Waals surface area contributed by atoms with Gasteiger partial charge >= 0.3 is 0 Å². The minimum Gasteiger partial charge on any atom is -0.399 e. The van der Waals surface area contributed by atoms with Gasteiger partial charge in [0.1, 0.15) is 0 Å². The van der Waals surface area contributed by atoms with Crippen molar-refractivity contribution < 1.29 is 9.59 Å². The Labute approximate surface area is 176 Å². The van der Waals surface area contributed by atoms with Crippen molar-refractivity contribution in [2.75, 3.05) is 22.6 Å². The molecule has 0 bridgehead atoms. The van der Waals surface area contributed by atoms with Crippen molar-refractivity contribution in [3.05, 3.63) is 59.2 Å². The normalized spacial score (nSPS) is 15.1. The molecule has 1 unspecified atom stereocenters. The average molecular weight is 420 g/mol. The van der Waals surface area contributed by atoms with Crippen LogP contribution >= 0.6 is 24.2 Å². The molecule has 1 atom stereocenters. The highest BCUT2D eigenvalue weighted by Gasteiger charge is 2.21. The molecule has 4 N–H and O–H groups in total. The molecule has 1 aliphatic carbocycles.